The van der Waals surface area contributed by atoms with E-state index in [-0.39, 0.29) is 0 Å². The van der Waals surface area contributed by atoms with Gasteiger partial charge in [0.05, 0.1) is 6.04 Å². The summed E-state index contributed by atoms with van der Waals surface area (Å²) in [7, 11) is 0. The number of pyridine rings is 1. The molecule has 1 aromatic heterocycles. The molecule has 3 rings (SSSR count). The van der Waals surface area contributed by atoms with Crippen LogP contribution in [0.3, 0.4) is 0 Å². The number of hydrogen-bond donors (Lipinski definition) is 0. The highest BCUT2D eigenvalue weighted by Crippen LogP contribution is 2.35. The molecule has 20 heavy (non-hydrogen) atoms. The summed E-state index contributed by atoms with van der Waals surface area (Å²) in [6.07, 6.45) is 2.46. The molecule has 1 aliphatic heterocycles. The third kappa shape index (κ3) is 2.43. The molecule has 2 heterocycles. The second-order valence-corrected chi connectivity index (χ2v) is 5.83. The van der Waals surface area contributed by atoms with E-state index in [0.717, 1.165) is 18.1 Å². The summed E-state index contributed by atoms with van der Waals surface area (Å²) < 4.78 is 0. The maximum Gasteiger partial charge on any atom is 0.129 e. The van der Waals surface area contributed by atoms with Gasteiger partial charge in [-0.05, 0) is 62.4 Å². The highest BCUT2D eigenvalue weighted by atomic mass is 15.2. The van der Waals surface area contributed by atoms with E-state index in [4.69, 9.17) is 4.98 Å². The van der Waals surface area contributed by atoms with Crippen molar-refractivity contribution in [1.29, 1.82) is 0 Å². The molecule has 1 aromatic carbocycles. The van der Waals surface area contributed by atoms with Crippen molar-refractivity contribution in [1.82, 2.24) is 4.98 Å². The Kier molecular flexibility index (Phi) is 3.47. The van der Waals surface area contributed by atoms with Crippen LogP contribution in [-0.4, -0.2) is 11.5 Å². The van der Waals surface area contributed by atoms with E-state index >= 15 is 0 Å². The largest absolute Gasteiger partial charge is 0.350 e. The lowest BCUT2D eigenvalue weighted by molar-refractivity contribution is 0.709. The molecule has 2 heteroatoms. The Labute approximate surface area is 121 Å². The summed E-state index contributed by atoms with van der Waals surface area (Å²) in [5.41, 5.74) is 5.26. The minimum Gasteiger partial charge on any atom is -0.350 e. The molecule has 1 aliphatic rings. The maximum absolute atomic E-state index is 4.70. The fraction of sp³-hybridized carbons (Fsp3) is 0.389. The molecule has 0 saturated carbocycles. The lowest BCUT2D eigenvalue weighted by atomic mass is 9.99. The van der Waals surface area contributed by atoms with Crippen LogP contribution in [0.2, 0.25) is 0 Å². The Hall–Kier alpha value is -1.83. The molecule has 0 amide bonds. The molecule has 104 valence electrons. The predicted octanol–water partition coefficient (Wildman–Crippen LogP) is 4.35. The van der Waals surface area contributed by atoms with Crippen LogP contribution in [0.1, 0.15) is 41.3 Å². The van der Waals surface area contributed by atoms with Crippen LogP contribution in [0.5, 0.6) is 0 Å². The van der Waals surface area contributed by atoms with Gasteiger partial charge in [-0.2, -0.15) is 0 Å². The first kappa shape index (κ1) is 13.2. The molecule has 1 saturated heterocycles. The van der Waals surface area contributed by atoms with Gasteiger partial charge in [0.1, 0.15) is 5.82 Å². The van der Waals surface area contributed by atoms with Gasteiger partial charge >= 0.3 is 0 Å². The van der Waals surface area contributed by atoms with Gasteiger partial charge in [-0.3, -0.25) is 0 Å². The topological polar surface area (TPSA) is 16.1 Å². The summed E-state index contributed by atoms with van der Waals surface area (Å²) in [5, 5.41) is 0. The monoisotopic (exact) mass is 266 g/mol. The molecular weight excluding hydrogens is 244 g/mol. The van der Waals surface area contributed by atoms with Crippen molar-refractivity contribution in [2.75, 3.05) is 11.4 Å². The van der Waals surface area contributed by atoms with Crippen molar-refractivity contribution >= 4 is 5.82 Å². The second-order valence-electron chi connectivity index (χ2n) is 5.83. The first-order chi connectivity index (χ1) is 9.65. The Balaban J connectivity index is 1.94. The van der Waals surface area contributed by atoms with Crippen LogP contribution in [0.15, 0.2) is 36.4 Å². The van der Waals surface area contributed by atoms with E-state index in [1.165, 1.54) is 29.5 Å². The third-order valence-electron chi connectivity index (χ3n) is 4.34. The van der Waals surface area contributed by atoms with Gasteiger partial charge in [0.15, 0.2) is 0 Å². The van der Waals surface area contributed by atoms with Crippen LogP contribution < -0.4 is 4.90 Å². The van der Waals surface area contributed by atoms with Crippen molar-refractivity contribution in [2.24, 2.45) is 0 Å². The van der Waals surface area contributed by atoms with Crippen molar-refractivity contribution in [3.05, 3.63) is 58.8 Å². The van der Waals surface area contributed by atoms with Crippen LogP contribution in [0.4, 0.5) is 5.82 Å². The lowest BCUT2D eigenvalue weighted by Crippen LogP contribution is -2.23. The number of aryl methyl sites for hydroxylation is 3. The zero-order valence-electron chi connectivity index (χ0n) is 12.6. The standard InChI is InChI=1S/C18H22N2/c1-13-9-10-16(12-14(13)2)17-7-5-11-20(17)18-8-4-6-15(3)19-18/h4,6,8-10,12,17H,5,7,11H2,1-3H3. The Bertz CT molecular complexity index is 619. The third-order valence-corrected chi connectivity index (χ3v) is 4.34. The highest BCUT2D eigenvalue weighted by molar-refractivity contribution is 5.45. The van der Waals surface area contributed by atoms with Crippen molar-refractivity contribution in [3.8, 4) is 0 Å². The number of anilines is 1. The van der Waals surface area contributed by atoms with Crippen LogP contribution >= 0.6 is 0 Å². The fourth-order valence-corrected chi connectivity index (χ4v) is 3.05. The second kappa shape index (κ2) is 5.28. The molecular formula is C18H22N2. The number of benzene rings is 1. The van der Waals surface area contributed by atoms with Gasteiger partial charge in [0, 0.05) is 12.2 Å². The van der Waals surface area contributed by atoms with E-state index in [0.29, 0.717) is 6.04 Å². The van der Waals surface area contributed by atoms with Gasteiger partial charge in [-0.1, -0.05) is 24.3 Å². The van der Waals surface area contributed by atoms with E-state index in [1.807, 2.05) is 0 Å². The average Bonchev–Trinajstić information content (AvgIpc) is 2.91. The molecule has 0 spiro atoms. The minimum absolute atomic E-state index is 0.476. The van der Waals surface area contributed by atoms with Gasteiger partial charge in [0.25, 0.3) is 0 Å². The van der Waals surface area contributed by atoms with Gasteiger partial charge in [0.2, 0.25) is 0 Å². The van der Waals surface area contributed by atoms with Crippen molar-refractivity contribution in [3.63, 3.8) is 0 Å². The quantitative estimate of drug-likeness (QED) is 0.803. The van der Waals surface area contributed by atoms with Crippen LogP contribution in [0.25, 0.3) is 0 Å². The van der Waals surface area contributed by atoms with Crippen molar-refractivity contribution in [2.45, 2.75) is 39.7 Å². The van der Waals surface area contributed by atoms with E-state index in [1.54, 1.807) is 0 Å². The predicted molar refractivity (Wildman–Crippen MR) is 84.2 cm³/mol. The number of hydrogen-bond acceptors (Lipinski definition) is 2. The first-order valence-corrected chi connectivity index (χ1v) is 7.42. The van der Waals surface area contributed by atoms with Crippen LogP contribution in [0, 0.1) is 20.8 Å². The SMILES string of the molecule is Cc1cccc(N2CCCC2c2ccc(C)c(C)c2)n1. The zero-order chi connectivity index (χ0) is 14.1. The Morgan fingerprint density at radius 3 is 2.65 bits per heavy atom. The molecule has 1 unspecified atom stereocenters. The number of nitrogens with zero attached hydrogens (tertiary/aromatic N) is 2. The highest BCUT2D eigenvalue weighted by Gasteiger charge is 2.27. The minimum atomic E-state index is 0.476. The summed E-state index contributed by atoms with van der Waals surface area (Å²) in [5.74, 6) is 1.12. The van der Waals surface area contributed by atoms with Crippen LogP contribution in [-0.2, 0) is 0 Å². The molecule has 1 fully saturated rings. The van der Waals surface area contributed by atoms with E-state index in [2.05, 4.69) is 62.1 Å². The average molecular weight is 266 g/mol. The Morgan fingerprint density at radius 2 is 1.90 bits per heavy atom. The lowest BCUT2D eigenvalue weighted by Gasteiger charge is -2.27. The van der Waals surface area contributed by atoms with Crippen molar-refractivity contribution < 1.29 is 0 Å². The van der Waals surface area contributed by atoms with E-state index < -0.39 is 0 Å². The normalized spacial score (nSPS) is 18.6. The summed E-state index contributed by atoms with van der Waals surface area (Å²) in [4.78, 5) is 7.15. The zero-order valence-corrected chi connectivity index (χ0v) is 12.6. The van der Waals surface area contributed by atoms with E-state index in [9.17, 15) is 0 Å². The number of aromatic nitrogens is 1. The maximum atomic E-state index is 4.70. The smallest absolute Gasteiger partial charge is 0.129 e. The number of rotatable bonds is 2. The Morgan fingerprint density at radius 1 is 1.05 bits per heavy atom. The summed E-state index contributed by atoms with van der Waals surface area (Å²) in [6.45, 7) is 7.54. The molecule has 2 nitrogen and oxygen atoms in total. The van der Waals surface area contributed by atoms with Gasteiger partial charge in [-0.15, -0.1) is 0 Å². The molecule has 0 bridgehead atoms. The molecule has 0 aliphatic carbocycles. The summed E-state index contributed by atoms with van der Waals surface area (Å²) in [6, 6.07) is 13.6. The van der Waals surface area contributed by atoms with Gasteiger partial charge < -0.3 is 4.90 Å². The first-order valence-electron chi connectivity index (χ1n) is 7.42. The van der Waals surface area contributed by atoms with Gasteiger partial charge in [-0.25, -0.2) is 4.98 Å². The molecule has 0 N–H and O–H groups in total. The summed E-state index contributed by atoms with van der Waals surface area (Å²) >= 11 is 0. The molecule has 2 aromatic rings. The fourth-order valence-electron chi connectivity index (χ4n) is 3.05. The molecule has 0 radical (unpaired) electrons. The molecule has 1 atom stereocenters.